The van der Waals surface area contributed by atoms with Crippen LogP contribution in [0.25, 0.3) is 0 Å². The molecule has 0 saturated heterocycles. The van der Waals surface area contributed by atoms with Gasteiger partial charge in [-0.1, -0.05) is 44.2 Å². The Bertz CT molecular complexity index is 490. The topological polar surface area (TPSA) is 44.0 Å². The summed E-state index contributed by atoms with van der Waals surface area (Å²) in [6, 6.07) is 12.5. The van der Waals surface area contributed by atoms with Crippen molar-refractivity contribution in [3.8, 4) is 6.07 Å². The van der Waals surface area contributed by atoms with Gasteiger partial charge in [0, 0.05) is 6.42 Å². The second-order valence-corrected chi connectivity index (χ2v) is 7.21. The summed E-state index contributed by atoms with van der Waals surface area (Å²) < 4.78 is 0. The van der Waals surface area contributed by atoms with Crippen LogP contribution in [0.1, 0.15) is 52.0 Å². The highest BCUT2D eigenvalue weighted by atomic mass is 16.3. The Morgan fingerprint density at radius 2 is 1.86 bits per heavy atom. The van der Waals surface area contributed by atoms with Crippen LogP contribution in [0.5, 0.6) is 0 Å². The zero-order valence-electron chi connectivity index (χ0n) is 13.5. The fourth-order valence-electron chi connectivity index (χ4n) is 3.73. The van der Waals surface area contributed by atoms with Crippen molar-refractivity contribution in [2.45, 2.75) is 58.5 Å². The summed E-state index contributed by atoms with van der Waals surface area (Å²) in [5.74, 6) is 1.36. The maximum atomic E-state index is 11.0. The Balaban J connectivity index is 2.15. The Kier molecular flexibility index (Phi) is 4.74. The van der Waals surface area contributed by atoms with Gasteiger partial charge in [0.15, 0.2) is 0 Å². The highest BCUT2D eigenvalue weighted by molar-refractivity contribution is 5.21. The maximum absolute atomic E-state index is 11.0. The lowest BCUT2D eigenvalue weighted by atomic mass is 9.60. The summed E-state index contributed by atoms with van der Waals surface area (Å²) in [5, 5.41) is 20.8. The summed E-state index contributed by atoms with van der Waals surface area (Å²) in [4.78, 5) is 0. The Morgan fingerprint density at radius 3 is 2.33 bits per heavy atom. The van der Waals surface area contributed by atoms with Gasteiger partial charge in [-0.25, -0.2) is 0 Å². The van der Waals surface area contributed by atoms with E-state index >= 15 is 0 Å². The van der Waals surface area contributed by atoms with E-state index in [-0.39, 0.29) is 0 Å². The van der Waals surface area contributed by atoms with Crippen molar-refractivity contribution in [2.75, 3.05) is 0 Å². The van der Waals surface area contributed by atoms with E-state index in [2.05, 4.69) is 19.9 Å². The van der Waals surface area contributed by atoms with Crippen LogP contribution in [0.15, 0.2) is 30.3 Å². The molecule has 1 fully saturated rings. The molecule has 1 N–H and O–H groups in total. The Morgan fingerprint density at radius 1 is 1.29 bits per heavy atom. The maximum Gasteiger partial charge on any atom is 0.0861 e. The fraction of sp³-hybridized carbons (Fsp3) is 0.632. The molecule has 2 nitrogen and oxygen atoms in total. The van der Waals surface area contributed by atoms with E-state index in [0.29, 0.717) is 18.3 Å². The molecule has 1 aromatic carbocycles. The second kappa shape index (κ2) is 6.20. The molecule has 1 atom stereocenters. The lowest BCUT2D eigenvalue weighted by molar-refractivity contribution is -0.0657. The molecule has 0 bridgehead atoms. The third-order valence-electron chi connectivity index (χ3n) is 5.46. The molecule has 0 aliphatic heterocycles. The van der Waals surface area contributed by atoms with Crippen molar-refractivity contribution in [2.24, 2.45) is 17.3 Å². The van der Waals surface area contributed by atoms with Crippen LogP contribution >= 0.6 is 0 Å². The first-order valence-corrected chi connectivity index (χ1v) is 8.08. The standard InChI is InChI=1S/C19H27NO/c1-15(2)17-9-11-19(14-20,12-10-17)18(3,21)13-16-7-5-4-6-8-16/h4-8,15,17,21H,9-13H2,1-3H3. The SMILES string of the molecule is CC(C)C1CCC(C#N)(C(C)(O)Cc2ccccc2)CC1. The molecule has 1 unspecified atom stereocenters. The minimum Gasteiger partial charge on any atom is -0.388 e. The van der Waals surface area contributed by atoms with Crippen molar-refractivity contribution in [3.05, 3.63) is 35.9 Å². The zero-order valence-corrected chi connectivity index (χ0v) is 13.5. The van der Waals surface area contributed by atoms with Crippen molar-refractivity contribution in [1.82, 2.24) is 0 Å². The molecule has 0 radical (unpaired) electrons. The van der Waals surface area contributed by atoms with Crippen LogP contribution in [0.2, 0.25) is 0 Å². The molecule has 0 spiro atoms. The highest BCUT2D eigenvalue weighted by Gasteiger charge is 2.49. The van der Waals surface area contributed by atoms with Gasteiger partial charge in [0.2, 0.25) is 0 Å². The number of nitriles is 1. The summed E-state index contributed by atoms with van der Waals surface area (Å²) in [5.41, 5.74) is -0.470. The van der Waals surface area contributed by atoms with E-state index in [1.54, 1.807) is 0 Å². The van der Waals surface area contributed by atoms with E-state index in [1.165, 1.54) is 0 Å². The molecule has 2 heteroatoms. The number of aliphatic hydroxyl groups is 1. The molecule has 114 valence electrons. The minimum atomic E-state index is -0.967. The van der Waals surface area contributed by atoms with Crippen LogP contribution < -0.4 is 0 Å². The number of nitrogens with zero attached hydrogens (tertiary/aromatic N) is 1. The molecular weight excluding hydrogens is 258 g/mol. The van der Waals surface area contributed by atoms with Crippen molar-refractivity contribution >= 4 is 0 Å². The second-order valence-electron chi connectivity index (χ2n) is 7.21. The van der Waals surface area contributed by atoms with E-state index in [1.807, 2.05) is 37.3 Å². The predicted octanol–water partition coefficient (Wildman–Crippen LogP) is 4.34. The first-order valence-electron chi connectivity index (χ1n) is 8.08. The first-order chi connectivity index (χ1) is 9.90. The number of hydrogen-bond acceptors (Lipinski definition) is 2. The molecule has 1 aromatic rings. The van der Waals surface area contributed by atoms with Gasteiger partial charge < -0.3 is 5.11 Å². The van der Waals surface area contributed by atoms with E-state index in [9.17, 15) is 10.4 Å². The lowest BCUT2D eigenvalue weighted by Gasteiger charge is -2.45. The van der Waals surface area contributed by atoms with E-state index in [4.69, 9.17) is 0 Å². The molecule has 1 aliphatic carbocycles. The number of hydrogen-bond donors (Lipinski definition) is 1. The normalized spacial score (nSPS) is 28.9. The smallest absolute Gasteiger partial charge is 0.0861 e. The molecule has 0 amide bonds. The molecule has 1 saturated carbocycles. The van der Waals surface area contributed by atoms with Crippen LogP contribution in [0.4, 0.5) is 0 Å². The van der Waals surface area contributed by atoms with Gasteiger partial charge in [0.25, 0.3) is 0 Å². The van der Waals surface area contributed by atoms with Crippen LogP contribution in [-0.2, 0) is 6.42 Å². The number of rotatable bonds is 4. The Labute approximate surface area is 128 Å². The molecule has 21 heavy (non-hydrogen) atoms. The van der Waals surface area contributed by atoms with Gasteiger partial charge in [0.1, 0.15) is 0 Å². The average molecular weight is 285 g/mol. The quantitative estimate of drug-likeness (QED) is 0.894. The summed E-state index contributed by atoms with van der Waals surface area (Å²) >= 11 is 0. The molecular formula is C19H27NO. The van der Waals surface area contributed by atoms with Crippen LogP contribution in [0, 0.1) is 28.6 Å². The van der Waals surface area contributed by atoms with E-state index < -0.39 is 11.0 Å². The summed E-state index contributed by atoms with van der Waals surface area (Å²) in [6.45, 7) is 6.36. The average Bonchev–Trinajstić information content (AvgIpc) is 2.47. The highest BCUT2D eigenvalue weighted by Crippen LogP contribution is 2.48. The predicted molar refractivity (Wildman–Crippen MR) is 85.6 cm³/mol. The molecule has 0 aromatic heterocycles. The molecule has 2 rings (SSSR count). The first kappa shape index (κ1) is 16.0. The van der Waals surface area contributed by atoms with Gasteiger partial charge in [-0.05, 0) is 50.0 Å². The third kappa shape index (κ3) is 3.30. The Hall–Kier alpha value is -1.33. The van der Waals surface area contributed by atoms with Crippen molar-refractivity contribution in [3.63, 3.8) is 0 Å². The van der Waals surface area contributed by atoms with Gasteiger partial charge in [-0.2, -0.15) is 5.26 Å². The monoisotopic (exact) mass is 285 g/mol. The van der Waals surface area contributed by atoms with Gasteiger partial charge in [-0.3, -0.25) is 0 Å². The van der Waals surface area contributed by atoms with Crippen LogP contribution in [-0.4, -0.2) is 10.7 Å². The summed E-state index contributed by atoms with van der Waals surface area (Å²) in [7, 11) is 0. The van der Waals surface area contributed by atoms with Gasteiger partial charge >= 0.3 is 0 Å². The fourth-order valence-corrected chi connectivity index (χ4v) is 3.73. The lowest BCUT2D eigenvalue weighted by Crippen LogP contribution is -2.49. The third-order valence-corrected chi connectivity index (χ3v) is 5.46. The zero-order chi connectivity index (χ0) is 15.5. The van der Waals surface area contributed by atoms with Crippen molar-refractivity contribution < 1.29 is 5.11 Å². The minimum absolute atomic E-state index is 0.549. The number of benzene rings is 1. The molecule has 0 heterocycles. The van der Waals surface area contributed by atoms with Crippen LogP contribution in [0.3, 0.4) is 0 Å². The largest absolute Gasteiger partial charge is 0.388 e. The van der Waals surface area contributed by atoms with E-state index in [0.717, 1.165) is 31.2 Å². The van der Waals surface area contributed by atoms with Gasteiger partial charge in [-0.15, -0.1) is 0 Å². The molecule has 1 aliphatic rings. The van der Waals surface area contributed by atoms with Crippen molar-refractivity contribution in [1.29, 1.82) is 5.26 Å². The summed E-state index contributed by atoms with van der Waals surface area (Å²) in [6.07, 6.45) is 4.28. The van der Waals surface area contributed by atoms with Gasteiger partial charge in [0.05, 0.1) is 17.1 Å².